The van der Waals surface area contributed by atoms with Crippen LogP contribution in [0.1, 0.15) is 43.6 Å². The van der Waals surface area contributed by atoms with Crippen LogP contribution in [0.3, 0.4) is 0 Å². The van der Waals surface area contributed by atoms with Gasteiger partial charge in [0.15, 0.2) is 0 Å². The maximum atomic E-state index is 11.9. The van der Waals surface area contributed by atoms with Gasteiger partial charge in [0.2, 0.25) is 5.91 Å². The van der Waals surface area contributed by atoms with Gasteiger partial charge in [-0.15, -0.1) is 0 Å². The minimum atomic E-state index is -0.745. The summed E-state index contributed by atoms with van der Waals surface area (Å²) in [7, 11) is 0. The molecule has 0 bridgehead atoms. The van der Waals surface area contributed by atoms with Gasteiger partial charge in [-0.1, -0.05) is 30.3 Å². The van der Waals surface area contributed by atoms with E-state index in [-0.39, 0.29) is 17.9 Å². The summed E-state index contributed by atoms with van der Waals surface area (Å²) in [5, 5.41) is 11.8. The molecule has 4 heteroatoms. The number of rotatable bonds is 5. The standard InChI is InChI=1S/C17H21NO3/c19-16(18-15-9-14(10-15)17(20)21)8-11-6-13(7-11)12-4-2-1-3-5-12/h1-5,11,13-15H,6-10H2,(H,18,19)(H,20,21). The monoisotopic (exact) mass is 287 g/mol. The molecule has 2 aliphatic carbocycles. The number of aliphatic carboxylic acids is 1. The lowest BCUT2D eigenvalue weighted by Crippen LogP contribution is -2.47. The maximum absolute atomic E-state index is 11.9. The van der Waals surface area contributed by atoms with Gasteiger partial charge in [-0.25, -0.2) is 0 Å². The van der Waals surface area contributed by atoms with Crippen LogP contribution in [-0.2, 0) is 9.59 Å². The Bertz CT molecular complexity index is 516. The molecular formula is C17H21NO3. The lowest BCUT2D eigenvalue weighted by atomic mass is 9.70. The molecule has 2 N–H and O–H groups in total. The van der Waals surface area contributed by atoms with Crippen molar-refractivity contribution in [3.8, 4) is 0 Å². The van der Waals surface area contributed by atoms with Gasteiger partial charge >= 0.3 is 5.97 Å². The van der Waals surface area contributed by atoms with Crippen LogP contribution in [0.25, 0.3) is 0 Å². The molecule has 2 fully saturated rings. The highest BCUT2D eigenvalue weighted by Gasteiger charge is 2.36. The minimum Gasteiger partial charge on any atom is -0.481 e. The fourth-order valence-corrected chi connectivity index (χ4v) is 3.39. The molecule has 0 spiro atoms. The van der Waals surface area contributed by atoms with Crippen LogP contribution >= 0.6 is 0 Å². The zero-order valence-corrected chi connectivity index (χ0v) is 12.0. The Hall–Kier alpha value is -1.84. The number of carbonyl (C=O) groups is 2. The van der Waals surface area contributed by atoms with Crippen LogP contribution in [0.15, 0.2) is 30.3 Å². The fraction of sp³-hybridized carbons (Fsp3) is 0.529. The van der Waals surface area contributed by atoms with Crippen LogP contribution in [0.5, 0.6) is 0 Å². The van der Waals surface area contributed by atoms with E-state index in [4.69, 9.17) is 5.11 Å². The zero-order chi connectivity index (χ0) is 14.8. The van der Waals surface area contributed by atoms with E-state index in [1.165, 1.54) is 5.56 Å². The van der Waals surface area contributed by atoms with E-state index in [0.717, 1.165) is 12.8 Å². The first-order chi connectivity index (χ1) is 10.1. The summed E-state index contributed by atoms with van der Waals surface area (Å²) in [5.74, 6) is 0.154. The summed E-state index contributed by atoms with van der Waals surface area (Å²) in [6.45, 7) is 0. The lowest BCUT2D eigenvalue weighted by molar-refractivity contribution is -0.146. The van der Waals surface area contributed by atoms with Gasteiger partial charge in [-0.05, 0) is 43.1 Å². The molecule has 21 heavy (non-hydrogen) atoms. The summed E-state index contributed by atoms with van der Waals surface area (Å²) in [6.07, 6.45) is 3.91. The van der Waals surface area contributed by atoms with E-state index in [1.54, 1.807) is 0 Å². The van der Waals surface area contributed by atoms with Crippen molar-refractivity contribution in [2.75, 3.05) is 0 Å². The molecule has 0 aliphatic heterocycles. The minimum absolute atomic E-state index is 0.0728. The number of carboxylic acids is 1. The summed E-state index contributed by atoms with van der Waals surface area (Å²) in [6, 6.07) is 10.5. The topological polar surface area (TPSA) is 66.4 Å². The van der Waals surface area contributed by atoms with Crippen molar-refractivity contribution in [2.45, 2.75) is 44.1 Å². The number of amides is 1. The summed E-state index contributed by atoms with van der Waals surface area (Å²) in [4.78, 5) is 22.6. The molecule has 0 aromatic heterocycles. The predicted molar refractivity (Wildman–Crippen MR) is 78.8 cm³/mol. The molecule has 2 saturated carbocycles. The van der Waals surface area contributed by atoms with Crippen LogP contribution in [-0.4, -0.2) is 23.0 Å². The largest absolute Gasteiger partial charge is 0.481 e. The van der Waals surface area contributed by atoms with Crippen molar-refractivity contribution >= 4 is 11.9 Å². The molecule has 1 aromatic rings. The average Bonchev–Trinajstić information content (AvgIpc) is 2.37. The average molecular weight is 287 g/mol. The molecule has 0 radical (unpaired) electrons. The number of benzene rings is 1. The van der Waals surface area contributed by atoms with Crippen LogP contribution in [0.4, 0.5) is 0 Å². The lowest BCUT2D eigenvalue weighted by Gasteiger charge is -2.37. The molecule has 2 aliphatic rings. The van der Waals surface area contributed by atoms with Gasteiger partial charge in [0.25, 0.3) is 0 Å². The molecule has 0 saturated heterocycles. The Kier molecular flexibility index (Phi) is 3.95. The number of carboxylic acid groups (broad SMARTS) is 1. The molecule has 0 atom stereocenters. The third kappa shape index (κ3) is 3.26. The second-order valence-corrected chi connectivity index (χ2v) is 6.42. The first-order valence-corrected chi connectivity index (χ1v) is 7.69. The van der Waals surface area contributed by atoms with Crippen molar-refractivity contribution in [2.24, 2.45) is 11.8 Å². The molecule has 1 aromatic carbocycles. The molecule has 112 valence electrons. The Labute approximate surface area is 124 Å². The zero-order valence-electron chi connectivity index (χ0n) is 12.0. The number of hydrogen-bond donors (Lipinski definition) is 2. The van der Waals surface area contributed by atoms with E-state index in [9.17, 15) is 9.59 Å². The molecule has 1 amide bonds. The molecule has 0 unspecified atom stereocenters. The first-order valence-electron chi connectivity index (χ1n) is 7.69. The van der Waals surface area contributed by atoms with E-state index >= 15 is 0 Å². The van der Waals surface area contributed by atoms with Crippen molar-refractivity contribution in [3.63, 3.8) is 0 Å². The van der Waals surface area contributed by atoms with E-state index < -0.39 is 5.97 Å². The Morgan fingerprint density at radius 3 is 2.38 bits per heavy atom. The van der Waals surface area contributed by atoms with Crippen molar-refractivity contribution in [1.29, 1.82) is 0 Å². The number of carbonyl (C=O) groups excluding carboxylic acids is 1. The molecular weight excluding hydrogens is 266 g/mol. The highest BCUT2D eigenvalue weighted by atomic mass is 16.4. The SMILES string of the molecule is O=C(CC1CC(c2ccccc2)C1)NC1CC(C(=O)O)C1. The van der Waals surface area contributed by atoms with Gasteiger partial charge in [0.1, 0.15) is 0 Å². The molecule has 3 rings (SSSR count). The summed E-state index contributed by atoms with van der Waals surface area (Å²) in [5.41, 5.74) is 1.37. The second kappa shape index (κ2) is 5.88. The predicted octanol–water partition coefficient (Wildman–Crippen LogP) is 2.55. The van der Waals surface area contributed by atoms with E-state index in [0.29, 0.717) is 31.1 Å². The summed E-state index contributed by atoms with van der Waals surface area (Å²) < 4.78 is 0. The van der Waals surface area contributed by atoms with Crippen LogP contribution in [0.2, 0.25) is 0 Å². The third-order valence-electron chi connectivity index (χ3n) is 4.83. The van der Waals surface area contributed by atoms with Crippen molar-refractivity contribution < 1.29 is 14.7 Å². The van der Waals surface area contributed by atoms with Gasteiger partial charge in [0.05, 0.1) is 5.92 Å². The molecule has 0 heterocycles. The van der Waals surface area contributed by atoms with Gasteiger partial charge in [-0.3, -0.25) is 9.59 Å². The van der Waals surface area contributed by atoms with Gasteiger partial charge in [0, 0.05) is 12.5 Å². The first kappa shape index (κ1) is 14.1. The van der Waals surface area contributed by atoms with Gasteiger partial charge < -0.3 is 10.4 Å². The summed E-state index contributed by atoms with van der Waals surface area (Å²) >= 11 is 0. The number of hydrogen-bond acceptors (Lipinski definition) is 2. The highest BCUT2D eigenvalue weighted by molar-refractivity contribution is 5.77. The smallest absolute Gasteiger partial charge is 0.306 e. The Morgan fingerprint density at radius 2 is 1.76 bits per heavy atom. The molecule has 4 nitrogen and oxygen atoms in total. The van der Waals surface area contributed by atoms with Crippen LogP contribution in [0, 0.1) is 11.8 Å². The van der Waals surface area contributed by atoms with E-state index in [2.05, 4.69) is 29.6 Å². The second-order valence-electron chi connectivity index (χ2n) is 6.42. The van der Waals surface area contributed by atoms with Crippen molar-refractivity contribution in [1.82, 2.24) is 5.32 Å². The van der Waals surface area contributed by atoms with Crippen LogP contribution < -0.4 is 5.32 Å². The van der Waals surface area contributed by atoms with Crippen molar-refractivity contribution in [3.05, 3.63) is 35.9 Å². The fourth-order valence-electron chi connectivity index (χ4n) is 3.39. The van der Waals surface area contributed by atoms with E-state index in [1.807, 2.05) is 6.07 Å². The Balaban J connectivity index is 1.35. The van der Waals surface area contributed by atoms with Gasteiger partial charge in [-0.2, -0.15) is 0 Å². The maximum Gasteiger partial charge on any atom is 0.306 e. The highest BCUT2D eigenvalue weighted by Crippen LogP contribution is 2.43. The Morgan fingerprint density at radius 1 is 1.10 bits per heavy atom. The third-order valence-corrected chi connectivity index (χ3v) is 4.83. The number of nitrogens with one attached hydrogen (secondary N) is 1. The normalized spacial score (nSPS) is 30.9. The quantitative estimate of drug-likeness (QED) is 0.874.